The van der Waals surface area contributed by atoms with Crippen LogP contribution in [0.15, 0.2) is 4.42 Å². The lowest BCUT2D eigenvalue weighted by Gasteiger charge is -2.12. The van der Waals surface area contributed by atoms with Crippen LogP contribution in [0.25, 0.3) is 0 Å². The summed E-state index contributed by atoms with van der Waals surface area (Å²) in [6.07, 6.45) is 0.672. The molecule has 0 radical (unpaired) electrons. The fraction of sp³-hybridized carbons (Fsp3) is 0.636. The summed E-state index contributed by atoms with van der Waals surface area (Å²) in [6, 6.07) is -0.308. The van der Waals surface area contributed by atoms with Crippen molar-refractivity contribution in [3.63, 3.8) is 0 Å². The Hall–Kier alpha value is -1.36. The van der Waals surface area contributed by atoms with E-state index in [9.17, 15) is 4.79 Å². The van der Waals surface area contributed by atoms with Crippen LogP contribution in [0.3, 0.4) is 0 Å². The largest absolute Gasteiger partial charge is 0.468 e. The second-order valence-corrected chi connectivity index (χ2v) is 3.61. The predicted molar refractivity (Wildman–Crippen MR) is 58.9 cm³/mol. The first-order chi connectivity index (χ1) is 7.58. The van der Waals surface area contributed by atoms with Crippen LogP contribution in [0.1, 0.15) is 30.7 Å². The average Bonchev–Trinajstić information content (AvgIpc) is 2.59. The molecule has 5 nitrogen and oxygen atoms in total. The molecular formula is C11H18N2O3. The number of aryl methyl sites for hydroxylation is 2. The first-order valence-corrected chi connectivity index (χ1v) is 5.32. The molecule has 0 spiro atoms. The number of oxazole rings is 1. The molecule has 1 rings (SSSR count). The Balaban J connectivity index is 2.52. The van der Waals surface area contributed by atoms with Crippen LogP contribution < -0.4 is 5.32 Å². The fourth-order valence-electron chi connectivity index (χ4n) is 1.36. The summed E-state index contributed by atoms with van der Waals surface area (Å²) in [4.78, 5) is 15.5. The van der Waals surface area contributed by atoms with Crippen molar-refractivity contribution in [3.05, 3.63) is 17.3 Å². The second kappa shape index (κ2) is 5.65. The minimum absolute atomic E-state index is 0.262. The molecule has 0 aliphatic heterocycles. The molecule has 0 aliphatic carbocycles. The molecule has 0 saturated carbocycles. The molecule has 0 fully saturated rings. The molecule has 0 aromatic carbocycles. The zero-order valence-electron chi connectivity index (χ0n) is 10.2. The Morgan fingerprint density at radius 2 is 2.25 bits per heavy atom. The van der Waals surface area contributed by atoms with Gasteiger partial charge in [0.2, 0.25) is 5.89 Å². The van der Waals surface area contributed by atoms with Crippen LogP contribution in [-0.2, 0) is 16.1 Å². The molecule has 0 bridgehead atoms. The summed E-state index contributed by atoms with van der Waals surface area (Å²) in [5.41, 5.74) is 0.878. The number of carbonyl (C=O) groups is 1. The second-order valence-electron chi connectivity index (χ2n) is 3.61. The van der Waals surface area contributed by atoms with Crippen molar-refractivity contribution < 1.29 is 13.9 Å². The van der Waals surface area contributed by atoms with E-state index >= 15 is 0 Å². The van der Waals surface area contributed by atoms with Gasteiger partial charge in [-0.3, -0.25) is 10.1 Å². The maximum Gasteiger partial charge on any atom is 0.322 e. The topological polar surface area (TPSA) is 64.4 Å². The minimum atomic E-state index is -0.308. The molecule has 5 heteroatoms. The number of rotatable bonds is 5. The van der Waals surface area contributed by atoms with Gasteiger partial charge >= 0.3 is 5.97 Å². The maximum absolute atomic E-state index is 11.3. The highest BCUT2D eigenvalue weighted by atomic mass is 16.5. The van der Waals surface area contributed by atoms with Gasteiger partial charge in [-0.1, -0.05) is 6.92 Å². The standard InChI is InChI=1S/C11H18N2O3/c1-5-9(11(14)15-4)12-6-10-13-7(2)8(3)16-10/h9,12H,5-6H2,1-4H3. The summed E-state index contributed by atoms with van der Waals surface area (Å²) in [5, 5.41) is 3.05. The number of methoxy groups -OCH3 is 1. The molecule has 90 valence electrons. The molecule has 1 atom stereocenters. The van der Waals surface area contributed by atoms with Crippen LogP contribution in [-0.4, -0.2) is 24.1 Å². The molecule has 0 aliphatic rings. The Kier molecular flexibility index (Phi) is 4.49. The summed E-state index contributed by atoms with van der Waals surface area (Å²) in [5.74, 6) is 1.14. The number of esters is 1. The molecule has 1 heterocycles. The SMILES string of the molecule is CCC(NCc1nc(C)c(C)o1)C(=O)OC. The van der Waals surface area contributed by atoms with Gasteiger partial charge in [0.15, 0.2) is 0 Å². The van der Waals surface area contributed by atoms with Gasteiger partial charge in [-0.15, -0.1) is 0 Å². The predicted octanol–water partition coefficient (Wildman–Crippen LogP) is 1.33. The lowest BCUT2D eigenvalue weighted by atomic mass is 10.2. The Bertz CT molecular complexity index is 341. The number of nitrogens with zero attached hydrogens (tertiary/aromatic N) is 1. The highest BCUT2D eigenvalue weighted by molar-refractivity contribution is 5.75. The van der Waals surface area contributed by atoms with E-state index in [-0.39, 0.29) is 12.0 Å². The monoisotopic (exact) mass is 226 g/mol. The van der Waals surface area contributed by atoms with Gasteiger partial charge in [-0.25, -0.2) is 4.98 Å². The highest BCUT2D eigenvalue weighted by Crippen LogP contribution is 2.08. The molecule has 1 aromatic rings. The zero-order chi connectivity index (χ0) is 12.1. The van der Waals surface area contributed by atoms with Crippen LogP contribution in [0.5, 0.6) is 0 Å². The van der Waals surface area contributed by atoms with Gasteiger partial charge in [0.1, 0.15) is 11.8 Å². The van der Waals surface area contributed by atoms with Gasteiger partial charge in [0.25, 0.3) is 0 Å². The number of hydrogen-bond acceptors (Lipinski definition) is 5. The number of hydrogen-bond donors (Lipinski definition) is 1. The smallest absolute Gasteiger partial charge is 0.322 e. The zero-order valence-corrected chi connectivity index (χ0v) is 10.2. The number of nitrogens with one attached hydrogen (secondary N) is 1. The quantitative estimate of drug-likeness (QED) is 0.767. The lowest BCUT2D eigenvalue weighted by Crippen LogP contribution is -2.36. The van der Waals surface area contributed by atoms with E-state index < -0.39 is 0 Å². The van der Waals surface area contributed by atoms with E-state index in [1.165, 1.54) is 7.11 Å². The summed E-state index contributed by atoms with van der Waals surface area (Å²) >= 11 is 0. The third-order valence-electron chi connectivity index (χ3n) is 2.47. The normalized spacial score (nSPS) is 12.5. The van der Waals surface area contributed by atoms with Crippen molar-refractivity contribution in [2.75, 3.05) is 7.11 Å². The van der Waals surface area contributed by atoms with Crippen molar-refractivity contribution in [2.45, 2.75) is 39.8 Å². The highest BCUT2D eigenvalue weighted by Gasteiger charge is 2.17. The fourth-order valence-corrected chi connectivity index (χ4v) is 1.36. The van der Waals surface area contributed by atoms with Gasteiger partial charge in [0.05, 0.1) is 19.3 Å². The Morgan fingerprint density at radius 3 is 2.69 bits per heavy atom. The Labute approximate surface area is 95.2 Å². The minimum Gasteiger partial charge on any atom is -0.468 e. The maximum atomic E-state index is 11.3. The first kappa shape index (κ1) is 12.7. The van der Waals surface area contributed by atoms with Crippen molar-refractivity contribution in [2.24, 2.45) is 0 Å². The van der Waals surface area contributed by atoms with Crippen molar-refractivity contribution >= 4 is 5.97 Å². The van der Waals surface area contributed by atoms with Crippen LogP contribution >= 0.6 is 0 Å². The van der Waals surface area contributed by atoms with E-state index in [0.29, 0.717) is 18.9 Å². The van der Waals surface area contributed by atoms with Gasteiger partial charge < -0.3 is 9.15 Å². The lowest BCUT2D eigenvalue weighted by molar-refractivity contribution is -0.143. The van der Waals surface area contributed by atoms with E-state index in [1.54, 1.807) is 0 Å². The van der Waals surface area contributed by atoms with E-state index in [2.05, 4.69) is 15.0 Å². The third-order valence-corrected chi connectivity index (χ3v) is 2.47. The van der Waals surface area contributed by atoms with Crippen molar-refractivity contribution in [3.8, 4) is 0 Å². The molecule has 1 aromatic heterocycles. The van der Waals surface area contributed by atoms with Crippen LogP contribution in [0.2, 0.25) is 0 Å². The van der Waals surface area contributed by atoms with Gasteiger partial charge in [-0.05, 0) is 20.3 Å². The molecule has 0 amide bonds. The van der Waals surface area contributed by atoms with Crippen LogP contribution in [0, 0.1) is 13.8 Å². The summed E-state index contributed by atoms with van der Waals surface area (Å²) in [6.45, 7) is 6.10. The number of ether oxygens (including phenoxy) is 1. The first-order valence-electron chi connectivity index (χ1n) is 5.32. The average molecular weight is 226 g/mol. The molecule has 1 N–H and O–H groups in total. The molecule has 16 heavy (non-hydrogen) atoms. The molecule has 1 unspecified atom stereocenters. The van der Waals surface area contributed by atoms with Gasteiger partial charge in [-0.2, -0.15) is 0 Å². The van der Waals surface area contributed by atoms with Gasteiger partial charge in [0, 0.05) is 0 Å². The Morgan fingerprint density at radius 1 is 1.56 bits per heavy atom. The van der Waals surface area contributed by atoms with Crippen molar-refractivity contribution in [1.29, 1.82) is 0 Å². The summed E-state index contributed by atoms with van der Waals surface area (Å²) in [7, 11) is 1.38. The third kappa shape index (κ3) is 3.06. The van der Waals surface area contributed by atoms with E-state index in [0.717, 1.165) is 11.5 Å². The molecular weight excluding hydrogens is 208 g/mol. The van der Waals surface area contributed by atoms with Crippen LogP contribution in [0.4, 0.5) is 0 Å². The van der Waals surface area contributed by atoms with E-state index in [1.807, 2.05) is 20.8 Å². The molecule has 0 saturated heterocycles. The summed E-state index contributed by atoms with van der Waals surface area (Å²) < 4.78 is 10.1. The number of carbonyl (C=O) groups excluding carboxylic acids is 1. The van der Waals surface area contributed by atoms with Crippen molar-refractivity contribution in [1.82, 2.24) is 10.3 Å². The van der Waals surface area contributed by atoms with E-state index in [4.69, 9.17) is 4.42 Å². The number of aromatic nitrogens is 1.